The first kappa shape index (κ1) is 9.85. The number of likely N-dealkylation sites (N-methyl/N-ethyl adjacent to an activating group) is 1. The molecule has 0 aliphatic rings. The number of H-pyrrole nitrogens is 1. The van der Waals surface area contributed by atoms with Gasteiger partial charge in [-0.1, -0.05) is 0 Å². The van der Waals surface area contributed by atoms with Gasteiger partial charge in [-0.15, -0.1) is 0 Å². The van der Waals surface area contributed by atoms with Gasteiger partial charge < -0.3 is 5.32 Å². The number of aromatic nitrogens is 5. The topological polar surface area (TPSA) is 71.4 Å². The molecule has 6 nitrogen and oxygen atoms in total. The molecule has 0 bridgehead atoms. The van der Waals surface area contributed by atoms with Crippen LogP contribution in [-0.4, -0.2) is 32.2 Å². The zero-order valence-corrected chi connectivity index (χ0v) is 8.81. The van der Waals surface area contributed by atoms with Gasteiger partial charge in [0, 0.05) is 13.2 Å². The Bertz CT molecular complexity index is 404. The Labute approximate surface area is 87.7 Å². The van der Waals surface area contributed by atoms with Crippen LogP contribution in [0.3, 0.4) is 0 Å². The lowest BCUT2D eigenvalue weighted by atomic mass is 10.1. The van der Waals surface area contributed by atoms with Crippen LogP contribution in [0.1, 0.15) is 17.3 Å². The highest BCUT2D eigenvalue weighted by Gasteiger charge is 2.13. The third-order valence-electron chi connectivity index (χ3n) is 2.34. The fourth-order valence-corrected chi connectivity index (χ4v) is 1.55. The van der Waals surface area contributed by atoms with E-state index in [-0.39, 0.29) is 6.04 Å². The van der Waals surface area contributed by atoms with E-state index in [0.717, 1.165) is 12.1 Å². The normalized spacial score (nSPS) is 12.9. The minimum Gasteiger partial charge on any atom is -0.311 e. The third-order valence-corrected chi connectivity index (χ3v) is 2.34. The molecule has 0 radical (unpaired) electrons. The minimum atomic E-state index is 0.174. The van der Waals surface area contributed by atoms with Gasteiger partial charge in [-0.25, -0.2) is 0 Å². The molecule has 1 atom stereocenters. The first-order valence-corrected chi connectivity index (χ1v) is 4.80. The summed E-state index contributed by atoms with van der Waals surface area (Å²) in [6.45, 7) is 0. The summed E-state index contributed by atoms with van der Waals surface area (Å²) in [4.78, 5) is 0. The maximum Gasteiger partial charge on any atom is 0.0997 e. The molecular weight excluding hydrogens is 192 g/mol. The van der Waals surface area contributed by atoms with Crippen LogP contribution in [0.2, 0.25) is 0 Å². The van der Waals surface area contributed by atoms with Crippen molar-refractivity contribution in [2.75, 3.05) is 7.05 Å². The maximum absolute atomic E-state index is 4.13. The Balaban J connectivity index is 2.09. The van der Waals surface area contributed by atoms with Gasteiger partial charge in [0.15, 0.2) is 0 Å². The lowest BCUT2D eigenvalue weighted by Gasteiger charge is -2.11. The predicted molar refractivity (Wildman–Crippen MR) is 55.1 cm³/mol. The number of aryl methyl sites for hydroxylation is 1. The molecule has 0 saturated heterocycles. The van der Waals surface area contributed by atoms with Gasteiger partial charge in [0.1, 0.15) is 0 Å². The van der Waals surface area contributed by atoms with Gasteiger partial charge in [-0.05, 0) is 19.0 Å². The molecule has 0 fully saturated rings. The Morgan fingerprint density at radius 3 is 2.93 bits per heavy atom. The van der Waals surface area contributed by atoms with Crippen molar-refractivity contribution in [3.63, 3.8) is 0 Å². The van der Waals surface area contributed by atoms with E-state index in [2.05, 4.69) is 25.8 Å². The van der Waals surface area contributed by atoms with Gasteiger partial charge in [-0.3, -0.25) is 4.68 Å². The molecule has 0 amide bonds. The molecule has 6 heteroatoms. The largest absolute Gasteiger partial charge is 0.311 e. The first-order chi connectivity index (χ1) is 7.29. The van der Waals surface area contributed by atoms with E-state index in [1.165, 1.54) is 5.56 Å². The van der Waals surface area contributed by atoms with E-state index in [4.69, 9.17) is 0 Å². The molecule has 0 saturated carbocycles. The van der Waals surface area contributed by atoms with Crippen LogP contribution in [0.25, 0.3) is 0 Å². The molecular formula is C9H14N6. The smallest absolute Gasteiger partial charge is 0.0997 e. The highest BCUT2D eigenvalue weighted by molar-refractivity contribution is 5.11. The van der Waals surface area contributed by atoms with Crippen molar-refractivity contribution in [3.05, 3.63) is 29.8 Å². The number of nitrogens with zero attached hydrogens (tertiary/aromatic N) is 4. The van der Waals surface area contributed by atoms with Crippen LogP contribution >= 0.6 is 0 Å². The molecule has 0 aliphatic heterocycles. The summed E-state index contributed by atoms with van der Waals surface area (Å²) in [6.07, 6.45) is 6.46. The van der Waals surface area contributed by atoms with Crippen LogP contribution < -0.4 is 5.32 Å². The molecule has 2 aromatic rings. The quantitative estimate of drug-likeness (QED) is 0.741. The fourth-order valence-electron chi connectivity index (χ4n) is 1.55. The SMILES string of the molecule is CNC(Cc1cnn(C)c1)c1cn[nH]n1. The van der Waals surface area contributed by atoms with Crippen molar-refractivity contribution in [2.24, 2.45) is 7.05 Å². The Morgan fingerprint density at radius 1 is 1.53 bits per heavy atom. The van der Waals surface area contributed by atoms with Gasteiger partial charge in [-0.2, -0.15) is 20.5 Å². The van der Waals surface area contributed by atoms with Crippen LogP contribution in [-0.2, 0) is 13.5 Å². The Morgan fingerprint density at radius 2 is 2.40 bits per heavy atom. The summed E-state index contributed by atoms with van der Waals surface area (Å²) in [7, 11) is 3.82. The first-order valence-electron chi connectivity index (χ1n) is 4.80. The van der Waals surface area contributed by atoms with Crippen molar-refractivity contribution < 1.29 is 0 Å². The summed E-state index contributed by atoms with van der Waals surface area (Å²) in [5.41, 5.74) is 2.10. The number of hydrogen-bond donors (Lipinski definition) is 2. The Kier molecular flexibility index (Phi) is 2.77. The van der Waals surface area contributed by atoms with Crippen molar-refractivity contribution in [1.82, 2.24) is 30.5 Å². The second-order valence-electron chi connectivity index (χ2n) is 3.46. The fraction of sp³-hybridized carbons (Fsp3) is 0.444. The average Bonchev–Trinajstić information content (AvgIpc) is 2.85. The van der Waals surface area contributed by atoms with E-state index < -0.39 is 0 Å². The zero-order chi connectivity index (χ0) is 10.7. The van der Waals surface area contributed by atoms with E-state index in [9.17, 15) is 0 Å². The number of nitrogens with one attached hydrogen (secondary N) is 2. The lowest BCUT2D eigenvalue weighted by Crippen LogP contribution is -2.19. The molecule has 1 unspecified atom stereocenters. The molecule has 0 aromatic carbocycles. The van der Waals surface area contributed by atoms with Crippen LogP contribution in [0.4, 0.5) is 0 Å². The second-order valence-corrected chi connectivity index (χ2v) is 3.46. The summed E-state index contributed by atoms with van der Waals surface area (Å²) >= 11 is 0. The monoisotopic (exact) mass is 206 g/mol. The van der Waals surface area contributed by atoms with Gasteiger partial charge >= 0.3 is 0 Å². The maximum atomic E-state index is 4.13. The highest BCUT2D eigenvalue weighted by atomic mass is 15.3. The molecule has 0 spiro atoms. The van der Waals surface area contributed by atoms with Gasteiger partial charge in [0.25, 0.3) is 0 Å². The summed E-state index contributed by atoms with van der Waals surface area (Å²) in [5, 5.41) is 17.8. The second kappa shape index (κ2) is 4.22. The summed E-state index contributed by atoms with van der Waals surface area (Å²) in [6, 6.07) is 0.174. The van der Waals surface area contributed by atoms with E-state index in [1.54, 1.807) is 10.9 Å². The zero-order valence-electron chi connectivity index (χ0n) is 8.81. The standard InChI is InChI=1S/C9H14N6/c1-10-8(9-5-11-14-13-9)3-7-4-12-15(2)6-7/h4-6,8,10H,3H2,1-2H3,(H,11,13,14). The molecule has 15 heavy (non-hydrogen) atoms. The van der Waals surface area contributed by atoms with Crippen molar-refractivity contribution >= 4 is 0 Å². The van der Waals surface area contributed by atoms with Crippen LogP contribution in [0, 0.1) is 0 Å². The molecule has 2 aromatic heterocycles. The number of aromatic amines is 1. The predicted octanol–water partition coefficient (Wildman–Crippen LogP) is 0.0414. The molecule has 2 rings (SSSR count). The van der Waals surface area contributed by atoms with E-state index in [1.807, 2.05) is 26.5 Å². The van der Waals surface area contributed by atoms with Crippen molar-refractivity contribution in [3.8, 4) is 0 Å². The molecule has 80 valence electrons. The van der Waals surface area contributed by atoms with Gasteiger partial charge in [0.2, 0.25) is 0 Å². The van der Waals surface area contributed by atoms with Crippen LogP contribution in [0.15, 0.2) is 18.6 Å². The lowest BCUT2D eigenvalue weighted by molar-refractivity contribution is 0.574. The summed E-state index contributed by atoms with van der Waals surface area (Å²) in [5.74, 6) is 0. The number of rotatable bonds is 4. The molecule has 2 heterocycles. The van der Waals surface area contributed by atoms with Crippen molar-refractivity contribution in [2.45, 2.75) is 12.5 Å². The van der Waals surface area contributed by atoms with Gasteiger partial charge in [0.05, 0.1) is 24.1 Å². The van der Waals surface area contributed by atoms with Crippen molar-refractivity contribution in [1.29, 1.82) is 0 Å². The highest BCUT2D eigenvalue weighted by Crippen LogP contribution is 2.14. The minimum absolute atomic E-state index is 0.174. The number of hydrogen-bond acceptors (Lipinski definition) is 4. The van der Waals surface area contributed by atoms with E-state index >= 15 is 0 Å². The Hall–Kier alpha value is -1.69. The van der Waals surface area contributed by atoms with Crippen LogP contribution in [0.5, 0.6) is 0 Å². The average molecular weight is 206 g/mol. The van der Waals surface area contributed by atoms with E-state index in [0.29, 0.717) is 0 Å². The third kappa shape index (κ3) is 2.21. The molecule has 2 N–H and O–H groups in total. The summed E-state index contributed by atoms with van der Waals surface area (Å²) < 4.78 is 1.80. The molecule has 0 aliphatic carbocycles.